The van der Waals surface area contributed by atoms with Gasteiger partial charge in [-0.2, -0.15) is 4.39 Å². The fourth-order valence-electron chi connectivity index (χ4n) is 3.24. The van der Waals surface area contributed by atoms with Crippen LogP contribution in [0.5, 0.6) is 0 Å². The van der Waals surface area contributed by atoms with Gasteiger partial charge in [-0.05, 0) is 37.5 Å². The number of pyridine rings is 2. The summed E-state index contributed by atoms with van der Waals surface area (Å²) in [5.41, 5.74) is 0.808. The Hall–Kier alpha value is -2.74. The normalized spacial score (nSPS) is 16.2. The van der Waals surface area contributed by atoms with Crippen molar-refractivity contribution in [3.8, 4) is 11.3 Å². The molecule has 1 aliphatic heterocycles. The van der Waals surface area contributed by atoms with E-state index in [2.05, 4.69) is 15.3 Å². The molecule has 2 aromatic rings. The van der Waals surface area contributed by atoms with Crippen molar-refractivity contribution in [2.75, 3.05) is 25.0 Å². The van der Waals surface area contributed by atoms with Gasteiger partial charge >= 0.3 is 6.09 Å². The van der Waals surface area contributed by atoms with E-state index in [9.17, 15) is 14.0 Å². The lowest BCUT2D eigenvalue weighted by Gasteiger charge is -2.31. The van der Waals surface area contributed by atoms with Gasteiger partial charge in [0.05, 0.1) is 23.2 Å². The van der Waals surface area contributed by atoms with E-state index in [1.165, 1.54) is 18.3 Å². The molecule has 7 nitrogen and oxygen atoms in total. The minimum atomic E-state index is -0.626. The molecule has 1 saturated heterocycles. The molecule has 160 valence electrons. The van der Waals surface area contributed by atoms with E-state index in [1.807, 2.05) is 6.92 Å². The summed E-state index contributed by atoms with van der Waals surface area (Å²) in [6.45, 7) is 3.27. The van der Waals surface area contributed by atoms with E-state index < -0.39 is 5.95 Å². The highest BCUT2D eigenvalue weighted by molar-refractivity contribution is 6.33. The molecule has 9 heteroatoms. The number of likely N-dealkylation sites (tertiary alicyclic amines) is 1. The maximum atomic E-state index is 13.5. The molecule has 0 spiro atoms. The molecule has 1 aliphatic rings. The van der Waals surface area contributed by atoms with Crippen LogP contribution >= 0.6 is 11.6 Å². The third-order valence-electron chi connectivity index (χ3n) is 4.87. The van der Waals surface area contributed by atoms with Gasteiger partial charge in [0.15, 0.2) is 0 Å². The number of unbranched alkanes of at least 4 members (excludes halogenated alkanes) is 1. The first-order chi connectivity index (χ1) is 14.5. The monoisotopic (exact) mass is 434 g/mol. The molecule has 1 unspecified atom stereocenters. The van der Waals surface area contributed by atoms with Crippen molar-refractivity contribution in [3.63, 3.8) is 0 Å². The Morgan fingerprint density at radius 2 is 2.23 bits per heavy atom. The molecule has 2 aromatic heterocycles. The fourth-order valence-corrected chi connectivity index (χ4v) is 3.44. The van der Waals surface area contributed by atoms with E-state index in [0.717, 1.165) is 12.8 Å². The topological polar surface area (TPSA) is 84.4 Å². The lowest BCUT2D eigenvalue weighted by atomic mass is 9.97. The number of carbonyl (C=O) groups is 2. The molecular weight excluding hydrogens is 411 g/mol. The molecule has 0 aromatic carbocycles. The highest BCUT2D eigenvalue weighted by atomic mass is 35.5. The molecule has 0 bridgehead atoms. The van der Waals surface area contributed by atoms with Crippen LogP contribution in [0.4, 0.5) is 15.0 Å². The highest BCUT2D eigenvalue weighted by Crippen LogP contribution is 2.28. The van der Waals surface area contributed by atoms with Crippen molar-refractivity contribution in [2.45, 2.75) is 32.6 Å². The summed E-state index contributed by atoms with van der Waals surface area (Å²) in [5.74, 6) is -0.952. The van der Waals surface area contributed by atoms with Crippen molar-refractivity contribution in [1.29, 1.82) is 0 Å². The number of piperidine rings is 1. The van der Waals surface area contributed by atoms with Crippen LogP contribution in [0.1, 0.15) is 32.6 Å². The van der Waals surface area contributed by atoms with E-state index in [1.54, 1.807) is 17.0 Å². The number of rotatable bonds is 6. The van der Waals surface area contributed by atoms with Crippen LogP contribution in [0, 0.1) is 11.9 Å². The highest BCUT2D eigenvalue weighted by Gasteiger charge is 2.29. The summed E-state index contributed by atoms with van der Waals surface area (Å²) in [4.78, 5) is 34.4. The third kappa shape index (κ3) is 5.66. The molecular formula is C21H24ClFN4O3. The van der Waals surface area contributed by atoms with Crippen molar-refractivity contribution in [1.82, 2.24) is 14.9 Å². The van der Waals surface area contributed by atoms with Crippen LogP contribution < -0.4 is 5.32 Å². The molecule has 3 rings (SSSR count). The summed E-state index contributed by atoms with van der Waals surface area (Å²) in [5, 5.41) is 3.06. The van der Waals surface area contributed by atoms with Crippen molar-refractivity contribution >= 4 is 29.4 Å². The zero-order valence-electron chi connectivity index (χ0n) is 16.7. The predicted molar refractivity (Wildman–Crippen MR) is 112 cm³/mol. The van der Waals surface area contributed by atoms with Gasteiger partial charge in [-0.3, -0.25) is 4.79 Å². The number of anilines is 1. The number of hydrogen-bond acceptors (Lipinski definition) is 5. The average molecular weight is 435 g/mol. The van der Waals surface area contributed by atoms with Gasteiger partial charge in [-0.15, -0.1) is 0 Å². The second kappa shape index (κ2) is 10.3. The SMILES string of the molecule is CCCCOC(=O)N1CCCC(C(=O)Nc2cc(-c3cccc(F)n3)c(Cl)cn2)C1. The number of halogens is 2. The van der Waals surface area contributed by atoms with Gasteiger partial charge < -0.3 is 15.0 Å². The van der Waals surface area contributed by atoms with Gasteiger partial charge in [-0.1, -0.05) is 31.0 Å². The fraction of sp³-hybridized carbons (Fsp3) is 0.429. The Morgan fingerprint density at radius 1 is 1.40 bits per heavy atom. The quantitative estimate of drug-likeness (QED) is 0.533. The Kier molecular flexibility index (Phi) is 7.57. The Bertz CT molecular complexity index is 912. The van der Waals surface area contributed by atoms with Crippen LogP contribution in [-0.2, 0) is 9.53 Å². The zero-order valence-corrected chi connectivity index (χ0v) is 17.5. The first-order valence-corrected chi connectivity index (χ1v) is 10.4. The second-order valence-electron chi connectivity index (χ2n) is 7.14. The van der Waals surface area contributed by atoms with Gasteiger partial charge in [0, 0.05) is 24.8 Å². The van der Waals surface area contributed by atoms with E-state index >= 15 is 0 Å². The molecule has 0 aliphatic carbocycles. The summed E-state index contributed by atoms with van der Waals surface area (Å²) < 4.78 is 18.7. The van der Waals surface area contributed by atoms with E-state index in [0.29, 0.717) is 48.8 Å². The van der Waals surface area contributed by atoms with E-state index in [4.69, 9.17) is 16.3 Å². The number of nitrogens with zero attached hydrogens (tertiary/aromatic N) is 3. The number of carbonyl (C=O) groups excluding carboxylic acids is 2. The molecule has 3 heterocycles. The first-order valence-electron chi connectivity index (χ1n) is 9.99. The standard InChI is InChI=1S/C21H24ClFN4O3/c1-2-3-10-30-21(29)27-9-5-6-14(13-27)20(28)26-19-11-15(16(22)12-24-19)17-7-4-8-18(23)25-17/h4,7-8,11-12,14H,2-3,5-6,9-10,13H2,1H3,(H,24,26,28). The summed E-state index contributed by atoms with van der Waals surface area (Å²) in [6, 6.07) is 5.95. The number of hydrogen-bond donors (Lipinski definition) is 1. The van der Waals surface area contributed by atoms with Gasteiger partial charge in [-0.25, -0.2) is 14.8 Å². The van der Waals surface area contributed by atoms with Crippen LogP contribution in [0.2, 0.25) is 5.02 Å². The summed E-state index contributed by atoms with van der Waals surface area (Å²) in [7, 11) is 0. The lowest BCUT2D eigenvalue weighted by Crippen LogP contribution is -2.44. The molecule has 2 amide bonds. The molecule has 1 atom stereocenters. The van der Waals surface area contributed by atoms with Gasteiger partial charge in [0.25, 0.3) is 0 Å². The van der Waals surface area contributed by atoms with Crippen LogP contribution in [0.25, 0.3) is 11.3 Å². The minimum Gasteiger partial charge on any atom is -0.449 e. The largest absolute Gasteiger partial charge is 0.449 e. The molecule has 1 fully saturated rings. The van der Waals surface area contributed by atoms with Crippen molar-refractivity contribution < 1.29 is 18.7 Å². The minimum absolute atomic E-state index is 0.242. The number of ether oxygens (including phenoxy) is 1. The van der Waals surface area contributed by atoms with Crippen LogP contribution in [0.15, 0.2) is 30.5 Å². The Balaban J connectivity index is 1.65. The zero-order chi connectivity index (χ0) is 21.5. The first kappa shape index (κ1) is 22.0. The lowest BCUT2D eigenvalue weighted by molar-refractivity contribution is -0.121. The van der Waals surface area contributed by atoms with Crippen LogP contribution in [-0.4, -0.2) is 46.6 Å². The Morgan fingerprint density at radius 3 is 3.00 bits per heavy atom. The molecule has 1 N–H and O–H groups in total. The van der Waals surface area contributed by atoms with Crippen LogP contribution in [0.3, 0.4) is 0 Å². The summed E-state index contributed by atoms with van der Waals surface area (Å²) >= 11 is 6.18. The van der Waals surface area contributed by atoms with Gasteiger partial charge in [0.1, 0.15) is 5.82 Å². The molecule has 30 heavy (non-hydrogen) atoms. The smallest absolute Gasteiger partial charge is 0.409 e. The average Bonchev–Trinajstić information content (AvgIpc) is 2.75. The molecule has 0 radical (unpaired) electrons. The number of aromatic nitrogens is 2. The predicted octanol–water partition coefficient (Wildman–Crippen LogP) is 4.52. The maximum absolute atomic E-state index is 13.5. The third-order valence-corrected chi connectivity index (χ3v) is 5.17. The number of nitrogens with one attached hydrogen (secondary N) is 1. The maximum Gasteiger partial charge on any atom is 0.409 e. The van der Waals surface area contributed by atoms with Crippen molar-refractivity contribution in [2.24, 2.45) is 5.92 Å². The summed E-state index contributed by atoms with van der Waals surface area (Å²) in [6.07, 6.45) is 4.14. The van der Waals surface area contributed by atoms with Gasteiger partial charge in [0.2, 0.25) is 11.9 Å². The number of amides is 2. The second-order valence-corrected chi connectivity index (χ2v) is 7.54. The molecule has 0 saturated carbocycles. The Labute approximate surface area is 179 Å². The van der Waals surface area contributed by atoms with E-state index in [-0.39, 0.29) is 23.7 Å². The van der Waals surface area contributed by atoms with Crippen molar-refractivity contribution in [3.05, 3.63) is 41.4 Å².